The highest BCUT2D eigenvalue weighted by Crippen LogP contribution is 2.24. The molecule has 27 heavy (non-hydrogen) atoms. The van der Waals surface area contributed by atoms with E-state index in [1.165, 1.54) is 5.56 Å². The van der Waals surface area contributed by atoms with Crippen molar-refractivity contribution in [3.8, 4) is 5.75 Å². The Morgan fingerprint density at radius 1 is 1.15 bits per heavy atom. The Labute approximate surface area is 160 Å². The van der Waals surface area contributed by atoms with Gasteiger partial charge in [0.25, 0.3) is 5.91 Å². The first-order chi connectivity index (χ1) is 12.8. The molecule has 1 aromatic carbocycles. The molecule has 2 rings (SSSR count). The van der Waals surface area contributed by atoms with E-state index in [0.29, 0.717) is 38.3 Å². The monoisotopic (exact) mass is 375 g/mol. The first-order valence-corrected chi connectivity index (χ1v) is 9.29. The number of rotatable bonds is 5. The van der Waals surface area contributed by atoms with Gasteiger partial charge in [-0.2, -0.15) is 5.10 Å². The lowest BCUT2D eigenvalue weighted by molar-refractivity contribution is -0.123. The van der Waals surface area contributed by atoms with E-state index in [-0.39, 0.29) is 24.0 Å². The van der Waals surface area contributed by atoms with Gasteiger partial charge in [-0.1, -0.05) is 32.9 Å². The molecule has 2 amide bonds. The standard InChI is InChI=1S/C20H29N3O4/c1-5-26-19(25)23-12-10-16(11-13-23)21-22-18(24)14-27-17-8-6-15(7-9-17)20(2,3)4/h6-9H,5,10-14H2,1-4H3,(H,22,24). The van der Waals surface area contributed by atoms with Crippen molar-refractivity contribution >= 4 is 17.7 Å². The predicted octanol–water partition coefficient (Wildman–Crippen LogP) is 3.09. The molecule has 0 unspecified atom stereocenters. The Morgan fingerprint density at radius 2 is 1.78 bits per heavy atom. The van der Waals surface area contributed by atoms with Crippen LogP contribution in [0.1, 0.15) is 46.1 Å². The third-order valence-corrected chi connectivity index (χ3v) is 4.30. The van der Waals surface area contributed by atoms with E-state index in [4.69, 9.17) is 9.47 Å². The molecule has 1 aliphatic rings. The van der Waals surface area contributed by atoms with Crippen LogP contribution in [0.25, 0.3) is 0 Å². The van der Waals surface area contributed by atoms with Gasteiger partial charge in [0.15, 0.2) is 6.61 Å². The number of carbonyl (C=O) groups excluding carboxylic acids is 2. The summed E-state index contributed by atoms with van der Waals surface area (Å²) in [5.74, 6) is 0.337. The normalized spacial score (nSPS) is 14.5. The third kappa shape index (κ3) is 6.58. The van der Waals surface area contributed by atoms with E-state index in [1.54, 1.807) is 11.8 Å². The summed E-state index contributed by atoms with van der Waals surface area (Å²) in [5.41, 5.74) is 4.66. The van der Waals surface area contributed by atoms with Gasteiger partial charge >= 0.3 is 6.09 Å². The van der Waals surface area contributed by atoms with Gasteiger partial charge in [-0.25, -0.2) is 10.2 Å². The van der Waals surface area contributed by atoms with E-state index in [2.05, 4.69) is 31.3 Å². The van der Waals surface area contributed by atoms with Crippen LogP contribution >= 0.6 is 0 Å². The Balaban J connectivity index is 1.73. The van der Waals surface area contributed by atoms with Crippen LogP contribution in [0.15, 0.2) is 29.4 Å². The zero-order valence-corrected chi connectivity index (χ0v) is 16.6. The Morgan fingerprint density at radius 3 is 2.33 bits per heavy atom. The molecule has 0 aromatic heterocycles. The van der Waals surface area contributed by atoms with Crippen molar-refractivity contribution in [3.63, 3.8) is 0 Å². The largest absolute Gasteiger partial charge is 0.484 e. The molecule has 0 bridgehead atoms. The highest BCUT2D eigenvalue weighted by molar-refractivity contribution is 5.88. The van der Waals surface area contributed by atoms with Crippen molar-refractivity contribution in [1.82, 2.24) is 10.3 Å². The highest BCUT2D eigenvalue weighted by atomic mass is 16.6. The highest BCUT2D eigenvalue weighted by Gasteiger charge is 2.20. The smallest absolute Gasteiger partial charge is 0.409 e. The summed E-state index contributed by atoms with van der Waals surface area (Å²) in [6.07, 6.45) is 0.939. The van der Waals surface area contributed by atoms with Gasteiger partial charge in [-0.15, -0.1) is 0 Å². The second-order valence-electron chi connectivity index (χ2n) is 7.46. The predicted molar refractivity (Wildman–Crippen MR) is 104 cm³/mol. The van der Waals surface area contributed by atoms with Crippen LogP contribution < -0.4 is 10.2 Å². The van der Waals surface area contributed by atoms with E-state index < -0.39 is 0 Å². The van der Waals surface area contributed by atoms with Crippen molar-refractivity contribution in [2.45, 2.75) is 46.0 Å². The molecule has 1 heterocycles. The summed E-state index contributed by atoms with van der Waals surface area (Å²) in [6, 6.07) is 7.74. The summed E-state index contributed by atoms with van der Waals surface area (Å²) in [4.78, 5) is 25.2. The van der Waals surface area contributed by atoms with Crippen LogP contribution in [0.4, 0.5) is 4.79 Å². The first-order valence-electron chi connectivity index (χ1n) is 9.29. The van der Waals surface area contributed by atoms with Crippen LogP contribution in [0.5, 0.6) is 5.75 Å². The second-order valence-corrected chi connectivity index (χ2v) is 7.46. The minimum absolute atomic E-state index is 0.0782. The van der Waals surface area contributed by atoms with E-state index in [1.807, 2.05) is 24.3 Å². The van der Waals surface area contributed by atoms with Gasteiger partial charge in [0.05, 0.1) is 6.61 Å². The maximum absolute atomic E-state index is 11.9. The number of piperidine rings is 1. The summed E-state index contributed by atoms with van der Waals surface area (Å²) < 4.78 is 10.5. The molecule has 0 radical (unpaired) electrons. The lowest BCUT2D eigenvalue weighted by Gasteiger charge is -2.26. The number of hydrogen-bond donors (Lipinski definition) is 1. The molecular weight excluding hydrogens is 346 g/mol. The van der Waals surface area contributed by atoms with Gasteiger partial charge in [0.2, 0.25) is 0 Å². The quantitative estimate of drug-likeness (QED) is 0.802. The molecule has 0 atom stereocenters. The fourth-order valence-corrected chi connectivity index (χ4v) is 2.65. The van der Waals surface area contributed by atoms with Crippen molar-refractivity contribution < 1.29 is 19.1 Å². The number of benzene rings is 1. The molecule has 1 aromatic rings. The van der Waals surface area contributed by atoms with Crippen LogP contribution in [-0.4, -0.2) is 48.9 Å². The SMILES string of the molecule is CCOC(=O)N1CCC(=NNC(=O)COc2ccc(C(C)(C)C)cc2)CC1. The van der Waals surface area contributed by atoms with Gasteiger partial charge in [0.1, 0.15) is 5.75 Å². The topological polar surface area (TPSA) is 80.2 Å². The number of likely N-dealkylation sites (tertiary alicyclic amines) is 1. The average Bonchev–Trinajstić information content (AvgIpc) is 2.65. The second kappa shape index (κ2) is 9.39. The zero-order chi connectivity index (χ0) is 19.9. The van der Waals surface area contributed by atoms with Crippen molar-refractivity contribution in [3.05, 3.63) is 29.8 Å². The van der Waals surface area contributed by atoms with Crippen molar-refractivity contribution in [2.75, 3.05) is 26.3 Å². The van der Waals surface area contributed by atoms with Crippen LogP contribution in [-0.2, 0) is 14.9 Å². The Hall–Kier alpha value is -2.57. The summed E-state index contributed by atoms with van der Waals surface area (Å²) in [7, 11) is 0. The number of hydrogen-bond acceptors (Lipinski definition) is 5. The molecule has 7 heteroatoms. The van der Waals surface area contributed by atoms with Gasteiger partial charge in [0, 0.05) is 31.6 Å². The van der Waals surface area contributed by atoms with E-state index >= 15 is 0 Å². The molecule has 1 fully saturated rings. The molecule has 0 saturated carbocycles. The van der Waals surface area contributed by atoms with E-state index in [9.17, 15) is 9.59 Å². The van der Waals surface area contributed by atoms with Gasteiger partial charge in [-0.05, 0) is 30.0 Å². The Bertz CT molecular complexity index is 667. The molecule has 7 nitrogen and oxygen atoms in total. The zero-order valence-electron chi connectivity index (χ0n) is 16.6. The maximum Gasteiger partial charge on any atom is 0.409 e. The minimum Gasteiger partial charge on any atom is -0.484 e. The lowest BCUT2D eigenvalue weighted by Crippen LogP contribution is -2.39. The fraction of sp³-hybridized carbons (Fsp3) is 0.550. The Kier molecular flexibility index (Phi) is 7.21. The molecule has 1 N–H and O–H groups in total. The number of ether oxygens (including phenoxy) is 2. The number of hydrazone groups is 1. The van der Waals surface area contributed by atoms with E-state index in [0.717, 1.165) is 5.71 Å². The minimum atomic E-state index is -0.310. The third-order valence-electron chi connectivity index (χ3n) is 4.30. The maximum atomic E-state index is 11.9. The van der Waals surface area contributed by atoms with Gasteiger partial charge < -0.3 is 14.4 Å². The molecule has 1 saturated heterocycles. The van der Waals surface area contributed by atoms with Crippen LogP contribution in [0.3, 0.4) is 0 Å². The lowest BCUT2D eigenvalue weighted by atomic mass is 9.87. The summed E-state index contributed by atoms with van der Waals surface area (Å²) in [6.45, 7) is 9.58. The molecule has 1 aliphatic heterocycles. The number of nitrogens with one attached hydrogen (secondary N) is 1. The van der Waals surface area contributed by atoms with Crippen LogP contribution in [0, 0.1) is 0 Å². The summed E-state index contributed by atoms with van der Waals surface area (Å²) in [5, 5.41) is 4.14. The average molecular weight is 375 g/mol. The molecule has 0 aliphatic carbocycles. The molecule has 0 spiro atoms. The number of amides is 2. The van der Waals surface area contributed by atoms with Crippen LogP contribution in [0.2, 0.25) is 0 Å². The number of carbonyl (C=O) groups is 2. The fourth-order valence-electron chi connectivity index (χ4n) is 2.65. The van der Waals surface area contributed by atoms with Gasteiger partial charge in [-0.3, -0.25) is 4.79 Å². The van der Waals surface area contributed by atoms with Crippen molar-refractivity contribution in [1.29, 1.82) is 0 Å². The summed E-state index contributed by atoms with van der Waals surface area (Å²) >= 11 is 0. The van der Waals surface area contributed by atoms with Crippen molar-refractivity contribution in [2.24, 2.45) is 5.10 Å². The first kappa shape index (κ1) is 20.7. The molecule has 148 valence electrons. The molecular formula is C20H29N3O4. The number of nitrogens with zero attached hydrogens (tertiary/aromatic N) is 2.